The summed E-state index contributed by atoms with van der Waals surface area (Å²) in [5, 5.41) is 17.0. The maximum absolute atomic E-state index is 13.9. The lowest BCUT2D eigenvalue weighted by Crippen LogP contribution is -2.35. The van der Waals surface area contributed by atoms with E-state index in [0.717, 1.165) is 25.7 Å². The van der Waals surface area contributed by atoms with E-state index in [1.54, 1.807) is 25.1 Å². The number of hydrogen-bond donors (Lipinski definition) is 2. The third-order valence-corrected chi connectivity index (χ3v) is 4.75. The number of nitrogens with one attached hydrogen (secondary N) is 1. The number of aliphatic hydroxyl groups excluding tert-OH is 1. The third-order valence-electron chi connectivity index (χ3n) is 4.75. The first kappa shape index (κ1) is 16.6. The van der Waals surface area contributed by atoms with Crippen LogP contribution >= 0.6 is 0 Å². The van der Waals surface area contributed by atoms with Gasteiger partial charge in [-0.05, 0) is 37.8 Å². The molecule has 1 aromatic heterocycles. The van der Waals surface area contributed by atoms with Crippen LogP contribution in [0.5, 0.6) is 0 Å². The first-order valence-electron chi connectivity index (χ1n) is 8.33. The number of benzene rings is 1. The maximum Gasteiger partial charge on any atom is 0.254 e. The smallest absolute Gasteiger partial charge is 0.254 e. The number of carbonyl (C=O) groups excluding carboxylic acids is 1. The van der Waals surface area contributed by atoms with Crippen LogP contribution in [-0.4, -0.2) is 33.4 Å². The Morgan fingerprint density at radius 2 is 2.12 bits per heavy atom. The van der Waals surface area contributed by atoms with Crippen LogP contribution in [0.1, 0.15) is 41.7 Å². The molecule has 6 heteroatoms. The van der Waals surface area contributed by atoms with Crippen LogP contribution in [-0.2, 0) is 0 Å². The molecule has 1 saturated carbocycles. The molecule has 0 unspecified atom stereocenters. The van der Waals surface area contributed by atoms with Gasteiger partial charge in [0.25, 0.3) is 5.91 Å². The second-order valence-electron chi connectivity index (χ2n) is 6.33. The van der Waals surface area contributed by atoms with Gasteiger partial charge in [0.15, 0.2) is 0 Å². The maximum atomic E-state index is 13.9. The van der Waals surface area contributed by atoms with Gasteiger partial charge in [-0.2, -0.15) is 5.10 Å². The predicted molar refractivity (Wildman–Crippen MR) is 88.6 cm³/mol. The number of amides is 1. The van der Waals surface area contributed by atoms with Crippen molar-refractivity contribution in [2.75, 3.05) is 6.54 Å². The van der Waals surface area contributed by atoms with Gasteiger partial charge in [0.05, 0.1) is 23.6 Å². The van der Waals surface area contributed by atoms with Gasteiger partial charge in [0, 0.05) is 6.54 Å². The molecule has 1 atom stereocenters. The number of nitrogens with zero attached hydrogens (tertiary/aromatic N) is 2. The van der Waals surface area contributed by atoms with E-state index in [0.29, 0.717) is 16.9 Å². The lowest BCUT2D eigenvalue weighted by Gasteiger charge is -2.18. The lowest BCUT2D eigenvalue weighted by molar-refractivity contribution is 0.0840. The number of halogens is 1. The molecule has 0 bridgehead atoms. The SMILES string of the molecule is Cc1c(C(=O)NC[C@H](O)C2CCCC2)cnn1-c1ccccc1F. The summed E-state index contributed by atoms with van der Waals surface area (Å²) >= 11 is 0. The molecule has 1 aliphatic rings. The lowest BCUT2D eigenvalue weighted by atomic mass is 10.0. The van der Waals surface area contributed by atoms with Gasteiger partial charge in [0.1, 0.15) is 11.5 Å². The summed E-state index contributed by atoms with van der Waals surface area (Å²) in [7, 11) is 0. The fourth-order valence-corrected chi connectivity index (χ4v) is 3.30. The zero-order valence-electron chi connectivity index (χ0n) is 13.7. The highest BCUT2D eigenvalue weighted by Gasteiger charge is 2.24. The normalized spacial score (nSPS) is 16.3. The van der Waals surface area contributed by atoms with Crippen LogP contribution in [0.4, 0.5) is 4.39 Å². The largest absolute Gasteiger partial charge is 0.391 e. The van der Waals surface area contributed by atoms with Crippen molar-refractivity contribution in [1.82, 2.24) is 15.1 Å². The van der Waals surface area contributed by atoms with Crippen LogP contribution in [0.2, 0.25) is 0 Å². The van der Waals surface area contributed by atoms with Crippen molar-refractivity contribution in [2.45, 2.75) is 38.7 Å². The standard InChI is InChI=1S/C18H22FN3O2/c1-12-14(10-21-22(12)16-9-5-4-8-15(16)19)18(24)20-11-17(23)13-6-2-3-7-13/h4-5,8-10,13,17,23H,2-3,6-7,11H2,1H3,(H,20,24)/t17-/m0/s1. The molecule has 2 N–H and O–H groups in total. The van der Waals surface area contributed by atoms with Gasteiger partial charge in [-0.15, -0.1) is 0 Å². The monoisotopic (exact) mass is 331 g/mol. The first-order valence-corrected chi connectivity index (χ1v) is 8.33. The van der Waals surface area contributed by atoms with Crippen molar-refractivity contribution in [3.05, 3.63) is 47.5 Å². The van der Waals surface area contributed by atoms with Crippen molar-refractivity contribution < 1.29 is 14.3 Å². The van der Waals surface area contributed by atoms with Gasteiger partial charge < -0.3 is 10.4 Å². The van der Waals surface area contributed by atoms with Gasteiger partial charge in [-0.25, -0.2) is 9.07 Å². The second-order valence-corrected chi connectivity index (χ2v) is 6.33. The van der Waals surface area contributed by atoms with Gasteiger partial charge >= 0.3 is 0 Å². The fourth-order valence-electron chi connectivity index (χ4n) is 3.30. The fraction of sp³-hybridized carbons (Fsp3) is 0.444. The van der Waals surface area contributed by atoms with Gasteiger partial charge in [-0.3, -0.25) is 4.79 Å². The molecular weight excluding hydrogens is 309 g/mol. The summed E-state index contributed by atoms with van der Waals surface area (Å²) in [6, 6.07) is 6.29. The zero-order valence-corrected chi connectivity index (χ0v) is 13.7. The van der Waals surface area contributed by atoms with E-state index in [9.17, 15) is 14.3 Å². The molecule has 1 aliphatic carbocycles. The summed E-state index contributed by atoms with van der Waals surface area (Å²) in [6.07, 6.45) is 5.23. The van der Waals surface area contributed by atoms with E-state index in [2.05, 4.69) is 10.4 Å². The van der Waals surface area contributed by atoms with E-state index < -0.39 is 11.9 Å². The molecule has 1 amide bonds. The Morgan fingerprint density at radius 1 is 1.42 bits per heavy atom. The highest BCUT2D eigenvalue weighted by atomic mass is 19.1. The van der Waals surface area contributed by atoms with Crippen LogP contribution in [0, 0.1) is 18.7 Å². The van der Waals surface area contributed by atoms with Crippen LogP contribution in [0.15, 0.2) is 30.5 Å². The minimum Gasteiger partial charge on any atom is -0.391 e. The van der Waals surface area contributed by atoms with E-state index >= 15 is 0 Å². The quantitative estimate of drug-likeness (QED) is 0.885. The molecule has 0 saturated heterocycles. The second kappa shape index (κ2) is 7.13. The minimum atomic E-state index is -0.515. The number of hydrogen-bond acceptors (Lipinski definition) is 3. The summed E-state index contributed by atoms with van der Waals surface area (Å²) in [6.45, 7) is 1.95. The Kier molecular flexibility index (Phi) is 4.94. The summed E-state index contributed by atoms with van der Waals surface area (Å²) in [4.78, 5) is 12.3. The van der Waals surface area contributed by atoms with Gasteiger partial charge in [-0.1, -0.05) is 25.0 Å². The molecule has 0 aliphatic heterocycles. The average molecular weight is 331 g/mol. The molecule has 1 heterocycles. The van der Waals surface area contributed by atoms with Crippen molar-refractivity contribution in [3.8, 4) is 5.69 Å². The third kappa shape index (κ3) is 3.33. The molecule has 2 aromatic rings. The molecule has 1 aromatic carbocycles. The summed E-state index contributed by atoms with van der Waals surface area (Å²) in [5.41, 5.74) is 1.25. The van der Waals surface area contributed by atoms with E-state index in [1.807, 2.05) is 0 Å². The molecular formula is C18H22FN3O2. The van der Waals surface area contributed by atoms with E-state index in [1.165, 1.54) is 16.9 Å². The summed E-state index contributed by atoms with van der Waals surface area (Å²) in [5.74, 6) is -0.424. The minimum absolute atomic E-state index is 0.230. The van der Waals surface area contributed by atoms with Crippen LogP contribution < -0.4 is 5.32 Å². The van der Waals surface area contributed by atoms with E-state index in [-0.39, 0.29) is 18.4 Å². The molecule has 3 rings (SSSR count). The Labute approximate surface area is 140 Å². The van der Waals surface area contributed by atoms with Crippen molar-refractivity contribution in [2.24, 2.45) is 5.92 Å². The van der Waals surface area contributed by atoms with E-state index in [4.69, 9.17) is 0 Å². The van der Waals surface area contributed by atoms with Crippen molar-refractivity contribution in [3.63, 3.8) is 0 Å². The van der Waals surface area contributed by atoms with Crippen LogP contribution in [0.25, 0.3) is 5.69 Å². The molecule has 5 nitrogen and oxygen atoms in total. The Morgan fingerprint density at radius 3 is 2.83 bits per heavy atom. The Hall–Kier alpha value is -2.21. The van der Waals surface area contributed by atoms with Crippen LogP contribution in [0.3, 0.4) is 0 Å². The topological polar surface area (TPSA) is 67.2 Å². The number of aromatic nitrogens is 2. The molecule has 24 heavy (non-hydrogen) atoms. The molecule has 0 radical (unpaired) electrons. The number of carbonyl (C=O) groups is 1. The number of aliphatic hydroxyl groups is 1. The number of rotatable bonds is 5. The highest BCUT2D eigenvalue weighted by molar-refractivity contribution is 5.95. The molecule has 0 spiro atoms. The average Bonchev–Trinajstić information content (AvgIpc) is 3.23. The molecule has 1 fully saturated rings. The summed E-state index contributed by atoms with van der Waals surface area (Å²) < 4.78 is 15.3. The van der Waals surface area contributed by atoms with Gasteiger partial charge in [0.2, 0.25) is 0 Å². The van der Waals surface area contributed by atoms with Crippen molar-refractivity contribution in [1.29, 1.82) is 0 Å². The predicted octanol–water partition coefficient (Wildman–Crippen LogP) is 2.60. The molecule has 128 valence electrons. The van der Waals surface area contributed by atoms with Crippen molar-refractivity contribution >= 4 is 5.91 Å². The zero-order chi connectivity index (χ0) is 17.1. The first-order chi connectivity index (χ1) is 11.6. The Balaban J connectivity index is 1.69. The number of para-hydroxylation sites is 1. The Bertz CT molecular complexity index is 723. The highest BCUT2D eigenvalue weighted by Crippen LogP contribution is 2.27.